The number of halogens is 1. The summed E-state index contributed by atoms with van der Waals surface area (Å²) in [4.78, 5) is 4.28. The summed E-state index contributed by atoms with van der Waals surface area (Å²) in [5.74, 6) is 1.40. The summed E-state index contributed by atoms with van der Waals surface area (Å²) >= 11 is 5.86. The quantitative estimate of drug-likeness (QED) is 0.784. The van der Waals surface area contributed by atoms with Crippen LogP contribution in [0.15, 0.2) is 42.6 Å². The van der Waals surface area contributed by atoms with Crippen molar-refractivity contribution in [3.05, 3.63) is 53.2 Å². The first-order valence-electron chi connectivity index (χ1n) is 6.72. The third-order valence-corrected chi connectivity index (χ3v) is 3.09. The Morgan fingerprint density at radius 1 is 1.24 bits per heavy atom. The fourth-order valence-electron chi connectivity index (χ4n) is 1.76. The molecule has 0 unspecified atom stereocenters. The van der Waals surface area contributed by atoms with Crippen molar-refractivity contribution < 1.29 is 4.74 Å². The van der Waals surface area contributed by atoms with E-state index in [0.29, 0.717) is 37.6 Å². The lowest BCUT2D eigenvalue weighted by molar-refractivity contribution is 0.313. The van der Waals surface area contributed by atoms with E-state index in [-0.39, 0.29) is 0 Å². The van der Waals surface area contributed by atoms with Crippen molar-refractivity contribution in [1.29, 1.82) is 5.26 Å². The molecule has 0 spiro atoms. The second-order valence-electron chi connectivity index (χ2n) is 4.44. The van der Waals surface area contributed by atoms with Crippen LogP contribution in [0.3, 0.4) is 0 Å². The Morgan fingerprint density at radius 2 is 2.05 bits per heavy atom. The van der Waals surface area contributed by atoms with Crippen LogP contribution in [0, 0.1) is 11.3 Å². The highest BCUT2D eigenvalue weighted by Gasteiger charge is 2.04. The zero-order valence-electron chi connectivity index (χ0n) is 11.6. The number of nitrogens with one attached hydrogen (secondary N) is 1. The van der Waals surface area contributed by atoms with Crippen LogP contribution in [0.25, 0.3) is 0 Å². The third-order valence-electron chi connectivity index (χ3n) is 2.83. The lowest BCUT2D eigenvalue weighted by Gasteiger charge is -2.11. The van der Waals surface area contributed by atoms with Crippen molar-refractivity contribution in [1.82, 2.24) is 4.98 Å². The number of anilines is 1. The predicted octanol–water partition coefficient (Wildman–Crippen LogP) is 4.03. The number of hydrogen-bond acceptors (Lipinski definition) is 4. The predicted molar refractivity (Wildman–Crippen MR) is 83.4 cm³/mol. The normalized spacial score (nSPS) is 9.90. The number of rotatable bonds is 7. The molecule has 0 saturated heterocycles. The number of hydrogen-bond donors (Lipinski definition) is 1. The van der Waals surface area contributed by atoms with E-state index >= 15 is 0 Å². The molecule has 1 aromatic carbocycles. The zero-order chi connectivity index (χ0) is 14.9. The SMILES string of the molecule is N#CCCCOc1cccnc1NCc1ccc(Cl)cc1. The highest BCUT2D eigenvalue weighted by molar-refractivity contribution is 6.30. The Hall–Kier alpha value is -2.25. The summed E-state index contributed by atoms with van der Waals surface area (Å²) in [5, 5.41) is 12.5. The van der Waals surface area contributed by atoms with Gasteiger partial charge in [-0.3, -0.25) is 0 Å². The minimum Gasteiger partial charge on any atom is -0.490 e. The van der Waals surface area contributed by atoms with E-state index in [2.05, 4.69) is 16.4 Å². The van der Waals surface area contributed by atoms with Crippen molar-refractivity contribution in [3.8, 4) is 11.8 Å². The van der Waals surface area contributed by atoms with Crippen LogP contribution < -0.4 is 10.1 Å². The molecule has 1 N–H and O–H groups in total. The Balaban J connectivity index is 1.93. The molecule has 0 fully saturated rings. The van der Waals surface area contributed by atoms with Crippen molar-refractivity contribution in [2.45, 2.75) is 19.4 Å². The van der Waals surface area contributed by atoms with Crippen LogP contribution in [-0.2, 0) is 6.54 Å². The topological polar surface area (TPSA) is 57.9 Å². The molecule has 0 radical (unpaired) electrons. The molecule has 0 atom stereocenters. The van der Waals surface area contributed by atoms with Gasteiger partial charge >= 0.3 is 0 Å². The van der Waals surface area contributed by atoms with Crippen molar-refractivity contribution in [3.63, 3.8) is 0 Å². The average Bonchev–Trinajstić information content (AvgIpc) is 2.52. The number of unbranched alkanes of at least 4 members (excludes halogenated alkanes) is 1. The van der Waals surface area contributed by atoms with Crippen LogP contribution in [0.1, 0.15) is 18.4 Å². The van der Waals surface area contributed by atoms with Crippen LogP contribution in [-0.4, -0.2) is 11.6 Å². The van der Waals surface area contributed by atoms with Crippen LogP contribution >= 0.6 is 11.6 Å². The Labute approximate surface area is 129 Å². The number of pyridine rings is 1. The Morgan fingerprint density at radius 3 is 2.81 bits per heavy atom. The number of ether oxygens (including phenoxy) is 1. The van der Waals surface area contributed by atoms with Crippen LogP contribution in [0.4, 0.5) is 5.82 Å². The first-order valence-corrected chi connectivity index (χ1v) is 7.10. The Bertz CT molecular complexity index is 608. The standard InChI is InChI=1S/C16H16ClN3O/c17-14-7-5-13(6-8-14)12-20-16-15(4-3-10-19-16)21-11-2-1-9-18/h3-8,10H,1-2,11-12H2,(H,19,20). The molecule has 2 aromatic rings. The highest BCUT2D eigenvalue weighted by atomic mass is 35.5. The van der Waals surface area contributed by atoms with Gasteiger partial charge in [-0.05, 0) is 36.2 Å². The lowest BCUT2D eigenvalue weighted by atomic mass is 10.2. The summed E-state index contributed by atoms with van der Waals surface area (Å²) in [7, 11) is 0. The number of benzene rings is 1. The summed E-state index contributed by atoms with van der Waals surface area (Å²) in [5.41, 5.74) is 1.11. The van der Waals surface area contributed by atoms with Gasteiger partial charge in [0.05, 0.1) is 12.7 Å². The van der Waals surface area contributed by atoms with Crippen molar-refractivity contribution in [2.24, 2.45) is 0 Å². The zero-order valence-corrected chi connectivity index (χ0v) is 12.3. The molecule has 4 nitrogen and oxygen atoms in total. The molecule has 108 valence electrons. The van der Waals surface area contributed by atoms with Gasteiger partial charge in [-0.15, -0.1) is 0 Å². The van der Waals surface area contributed by atoms with Crippen LogP contribution in [0.2, 0.25) is 5.02 Å². The summed E-state index contributed by atoms with van der Waals surface area (Å²) < 4.78 is 5.65. The van der Waals surface area contributed by atoms with Gasteiger partial charge < -0.3 is 10.1 Å². The summed E-state index contributed by atoms with van der Waals surface area (Å²) in [6.45, 7) is 1.15. The second kappa shape index (κ2) is 8.13. The molecule has 0 aliphatic heterocycles. The van der Waals surface area contributed by atoms with Crippen LogP contribution in [0.5, 0.6) is 5.75 Å². The van der Waals surface area contributed by atoms with Gasteiger partial charge in [0.25, 0.3) is 0 Å². The fourth-order valence-corrected chi connectivity index (χ4v) is 1.89. The largest absolute Gasteiger partial charge is 0.490 e. The van der Waals surface area contributed by atoms with Gasteiger partial charge in [-0.2, -0.15) is 5.26 Å². The molecule has 1 aromatic heterocycles. The van der Waals surface area contributed by atoms with Gasteiger partial charge in [-0.1, -0.05) is 23.7 Å². The van der Waals surface area contributed by atoms with Gasteiger partial charge in [0, 0.05) is 24.2 Å². The summed E-state index contributed by atoms with van der Waals surface area (Å²) in [6.07, 6.45) is 2.92. The van der Waals surface area contributed by atoms with E-state index in [1.807, 2.05) is 36.4 Å². The van der Waals surface area contributed by atoms with E-state index in [4.69, 9.17) is 21.6 Å². The molecular weight excluding hydrogens is 286 g/mol. The highest BCUT2D eigenvalue weighted by Crippen LogP contribution is 2.22. The van der Waals surface area contributed by atoms with E-state index in [0.717, 1.165) is 10.6 Å². The first-order chi connectivity index (χ1) is 10.3. The molecule has 0 bridgehead atoms. The van der Waals surface area contributed by atoms with E-state index in [1.165, 1.54) is 0 Å². The summed E-state index contributed by atoms with van der Waals surface area (Å²) in [6, 6.07) is 13.4. The smallest absolute Gasteiger partial charge is 0.169 e. The first kappa shape index (κ1) is 15.1. The molecular formula is C16H16ClN3O. The van der Waals surface area contributed by atoms with E-state index in [1.54, 1.807) is 6.20 Å². The molecule has 5 heteroatoms. The molecule has 1 heterocycles. The Kier molecular flexibility index (Phi) is 5.86. The minimum atomic E-state index is 0.494. The molecule has 2 rings (SSSR count). The minimum absolute atomic E-state index is 0.494. The van der Waals surface area contributed by atoms with Gasteiger partial charge in [0.15, 0.2) is 11.6 Å². The molecule has 0 aliphatic rings. The molecule has 0 aliphatic carbocycles. The molecule has 0 saturated carbocycles. The number of aromatic nitrogens is 1. The van der Waals surface area contributed by atoms with Gasteiger partial charge in [0.2, 0.25) is 0 Å². The average molecular weight is 302 g/mol. The maximum Gasteiger partial charge on any atom is 0.169 e. The lowest BCUT2D eigenvalue weighted by Crippen LogP contribution is -2.05. The molecule has 21 heavy (non-hydrogen) atoms. The van der Waals surface area contributed by atoms with E-state index in [9.17, 15) is 0 Å². The van der Waals surface area contributed by atoms with Crippen molar-refractivity contribution >= 4 is 17.4 Å². The van der Waals surface area contributed by atoms with Gasteiger partial charge in [-0.25, -0.2) is 4.98 Å². The maximum absolute atomic E-state index is 8.51. The van der Waals surface area contributed by atoms with E-state index < -0.39 is 0 Å². The third kappa shape index (κ3) is 4.97. The van der Waals surface area contributed by atoms with Crippen molar-refractivity contribution in [2.75, 3.05) is 11.9 Å². The fraction of sp³-hybridized carbons (Fsp3) is 0.250. The second-order valence-corrected chi connectivity index (χ2v) is 4.88. The number of nitriles is 1. The monoisotopic (exact) mass is 301 g/mol. The molecule has 0 amide bonds. The van der Waals surface area contributed by atoms with Gasteiger partial charge in [0.1, 0.15) is 0 Å². The number of nitrogens with zero attached hydrogens (tertiary/aromatic N) is 2. The maximum atomic E-state index is 8.51.